The van der Waals surface area contributed by atoms with Gasteiger partial charge in [0.25, 0.3) is 0 Å². The maximum atomic E-state index is 11.1. The molecule has 2 aliphatic carbocycles. The number of hydrogen-bond donors (Lipinski definition) is 2. The van der Waals surface area contributed by atoms with Crippen molar-refractivity contribution in [1.82, 2.24) is 0 Å². The number of fused-ring (bicyclic) bond motifs is 1. The zero-order valence-corrected chi connectivity index (χ0v) is 16.4. The van der Waals surface area contributed by atoms with Gasteiger partial charge in [-0.25, -0.2) is 0 Å². The molecule has 0 aromatic rings. The predicted octanol–water partition coefficient (Wildman–Crippen LogP) is 4.14. The minimum atomic E-state index is -0.433. The molecule has 0 aromatic heterocycles. The van der Waals surface area contributed by atoms with Gasteiger partial charge in [0.15, 0.2) is 0 Å². The lowest BCUT2D eigenvalue weighted by molar-refractivity contribution is -0.141. The van der Waals surface area contributed by atoms with Crippen LogP contribution in [-0.4, -0.2) is 42.1 Å². The summed E-state index contributed by atoms with van der Waals surface area (Å²) in [6.45, 7) is 2.75. The van der Waals surface area contributed by atoms with E-state index in [-0.39, 0.29) is 18.0 Å². The Balaban J connectivity index is 1.76. The number of hydrogen-bond acceptors (Lipinski definition) is 5. The summed E-state index contributed by atoms with van der Waals surface area (Å²) >= 11 is 0. The van der Waals surface area contributed by atoms with Crippen LogP contribution in [-0.2, 0) is 14.3 Å². The minimum absolute atomic E-state index is 0.130. The number of ether oxygens (including phenoxy) is 2. The lowest BCUT2D eigenvalue weighted by Crippen LogP contribution is -2.23. The van der Waals surface area contributed by atoms with Gasteiger partial charge in [0.05, 0.1) is 25.1 Å². The highest BCUT2D eigenvalue weighted by Gasteiger charge is 2.49. The van der Waals surface area contributed by atoms with Crippen LogP contribution in [0.3, 0.4) is 0 Å². The molecule has 2 fully saturated rings. The Hall–Kier alpha value is -1.07. The molecule has 5 atom stereocenters. The van der Waals surface area contributed by atoms with Gasteiger partial charge in [0.2, 0.25) is 0 Å². The monoisotopic (exact) mass is 368 g/mol. The van der Waals surface area contributed by atoms with E-state index in [9.17, 15) is 15.0 Å². The molecule has 0 radical (unpaired) electrons. The molecule has 0 unspecified atom stereocenters. The molecule has 2 saturated carbocycles. The van der Waals surface area contributed by atoms with Gasteiger partial charge in [-0.3, -0.25) is 4.79 Å². The smallest absolute Gasteiger partial charge is 0.305 e. The predicted molar refractivity (Wildman–Crippen MR) is 101 cm³/mol. The zero-order valence-electron chi connectivity index (χ0n) is 16.4. The number of rotatable bonds is 11. The average molecular weight is 369 g/mol. The summed E-state index contributed by atoms with van der Waals surface area (Å²) in [5.41, 5.74) is 0. The average Bonchev–Trinajstić information content (AvgIpc) is 3.13. The molecule has 2 aliphatic rings. The normalized spacial score (nSPS) is 31.2. The van der Waals surface area contributed by atoms with Crippen molar-refractivity contribution >= 4 is 5.97 Å². The van der Waals surface area contributed by atoms with Crippen molar-refractivity contribution in [1.29, 1.82) is 0 Å². The van der Waals surface area contributed by atoms with Crippen LogP contribution in [0.1, 0.15) is 71.1 Å². The summed E-state index contributed by atoms with van der Waals surface area (Å²) in [5, 5.41) is 20.9. The molecule has 150 valence electrons. The highest BCUT2D eigenvalue weighted by atomic mass is 16.5. The number of carbonyl (C=O) groups is 1. The van der Waals surface area contributed by atoms with Gasteiger partial charge in [-0.1, -0.05) is 26.2 Å². The number of aliphatic hydroxyl groups is 2. The van der Waals surface area contributed by atoms with Crippen molar-refractivity contribution in [2.45, 2.75) is 83.3 Å². The third-order valence-corrected chi connectivity index (χ3v) is 5.99. The first-order valence-electron chi connectivity index (χ1n) is 10.3. The Morgan fingerprint density at radius 3 is 2.69 bits per heavy atom. The third kappa shape index (κ3) is 5.98. The molecule has 5 heteroatoms. The fraction of sp³-hybridized carbons (Fsp3) is 0.857. The van der Waals surface area contributed by atoms with Crippen molar-refractivity contribution in [3.8, 4) is 0 Å². The third-order valence-electron chi connectivity index (χ3n) is 5.99. The van der Waals surface area contributed by atoms with E-state index in [1.54, 1.807) is 0 Å². The Bertz CT molecular complexity index is 461. The van der Waals surface area contributed by atoms with E-state index in [1.807, 2.05) is 6.08 Å². The number of aliphatic hydroxyl groups excluding tert-OH is 2. The van der Waals surface area contributed by atoms with E-state index < -0.39 is 6.10 Å². The molecule has 0 amide bonds. The first-order valence-corrected chi connectivity index (χ1v) is 10.3. The first-order chi connectivity index (χ1) is 12.6. The lowest BCUT2D eigenvalue weighted by atomic mass is 9.89. The van der Waals surface area contributed by atoms with Gasteiger partial charge >= 0.3 is 5.97 Å². The van der Waals surface area contributed by atoms with Crippen LogP contribution in [0.25, 0.3) is 0 Å². The van der Waals surface area contributed by atoms with Crippen LogP contribution in [0.4, 0.5) is 0 Å². The number of esters is 1. The number of allylic oxidation sites excluding steroid dienone is 1. The Morgan fingerprint density at radius 2 is 1.96 bits per heavy atom. The summed E-state index contributed by atoms with van der Waals surface area (Å²) in [6.07, 6.45) is 10.9. The van der Waals surface area contributed by atoms with E-state index in [2.05, 4.69) is 11.7 Å². The van der Waals surface area contributed by atoms with Crippen molar-refractivity contribution in [2.75, 3.05) is 13.7 Å². The fourth-order valence-electron chi connectivity index (χ4n) is 4.64. The summed E-state index contributed by atoms with van der Waals surface area (Å²) in [7, 11) is 1.40. The summed E-state index contributed by atoms with van der Waals surface area (Å²) in [4.78, 5) is 11.1. The van der Waals surface area contributed by atoms with Crippen LogP contribution < -0.4 is 0 Å². The molecule has 0 aromatic carbocycles. The SMILES string of the molecule is CCCCCC/C=C(/O)[C@H]1[C@@H]2C[C@H](OCCCC(=O)OC)C[C@@H]2C[C@@H]1O. The van der Waals surface area contributed by atoms with E-state index >= 15 is 0 Å². The summed E-state index contributed by atoms with van der Waals surface area (Å²) < 4.78 is 10.6. The molecule has 0 bridgehead atoms. The minimum Gasteiger partial charge on any atom is -0.512 e. The number of unbranched alkanes of at least 4 members (excludes halogenated alkanes) is 4. The topological polar surface area (TPSA) is 76.0 Å². The van der Waals surface area contributed by atoms with E-state index in [4.69, 9.17) is 4.74 Å². The molecule has 0 saturated heterocycles. The summed E-state index contributed by atoms with van der Waals surface area (Å²) in [5.74, 6) is 0.788. The van der Waals surface area contributed by atoms with Gasteiger partial charge < -0.3 is 19.7 Å². The molecule has 0 aliphatic heterocycles. The van der Waals surface area contributed by atoms with Gasteiger partial charge in [0.1, 0.15) is 0 Å². The van der Waals surface area contributed by atoms with E-state index in [1.165, 1.54) is 26.4 Å². The van der Waals surface area contributed by atoms with Gasteiger partial charge in [-0.15, -0.1) is 0 Å². The largest absolute Gasteiger partial charge is 0.512 e. The van der Waals surface area contributed by atoms with Crippen molar-refractivity contribution in [2.24, 2.45) is 17.8 Å². The molecule has 2 rings (SSSR count). The molecule has 2 N–H and O–H groups in total. The Kier molecular flexibility index (Phi) is 8.93. The van der Waals surface area contributed by atoms with Crippen LogP contribution in [0.5, 0.6) is 0 Å². The second-order valence-electron chi connectivity index (χ2n) is 7.87. The number of methoxy groups -OCH3 is 1. The molecule has 5 nitrogen and oxygen atoms in total. The molecular weight excluding hydrogens is 332 g/mol. The van der Waals surface area contributed by atoms with Crippen molar-refractivity contribution in [3.05, 3.63) is 11.8 Å². The molecule has 26 heavy (non-hydrogen) atoms. The fourth-order valence-corrected chi connectivity index (χ4v) is 4.64. The van der Waals surface area contributed by atoms with Gasteiger partial charge in [-0.2, -0.15) is 0 Å². The zero-order chi connectivity index (χ0) is 18.9. The van der Waals surface area contributed by atoms with E-state index in [0.717, 1.165) is 32.1 Å². The van der Waals surface area contributed by atoms with E-state index in [0.29, 0.717) is 37.0 Å². The maximum Gasteiger partial charge on any atom is 0.305 e. The standard InChI is InChI=1S/C21H36O5/c1-3-4-5-6-7-9-18(22)21-17-14-16(12-15(17)13-19(21)23)26-11-8-10-20(24)25-2/h9,15-17,19,21-23H,3-8,10-14H2,1-2H3/b18-9+/t15-,16-,17-,19+,21-/m1/s1. The second kappa shape index (κ2) is 10.9. The maximum absolute atomic E-state index is 11.1. The molecular formula is C21H36O5. The van der Waals surface area contributed by atoms with Crippen molar-refractivity contribution < 1.29 is 24.5 Å². The lowest BCUT2D eigenvalue weighted by Gasteiger charge is -2.21. The van der Waals surface area contributed by atoms with Crippen LogP contribution >= 0.6 is 0 Å². The quantitative estimate of drug-likeness (QED) is 0.326. The highest BCUT2D eigenvalue weighted by Crippen LogP contribution is 2.50. The van der Waals surface area contributed by atoms with Gasteiger partial charge in [-0.05, 0) is 56.4 Å². The summed E-state index contributed by atoms with van der Waals surface area (Å²) in [6, 6.07) is 0. The second-order valence-corrected chi connectivity index (χ2v) is 7.87. The van der Waals surface area contributed by atoms with Crippen LogP contribution in [0.15, 0.2) is 11.8 Å². The Morgan fingerprint density at radius 1 is 1.15 bits per heavy atom. The molecule has 0 heterocycles. The first kappa shape index (κ1) is 21.2. The van der Waals surface area contributed by atoms with Gasteiger partial charge in [0, 0.05) is 18.9 Å². The van der Waals surface area contributed by atoms with Crippen molar-refractivity contribution in [3.63, 3.8) is 0 Å². The number of carbonyl (C=O) groups excluding carboxylic acids is 1. The van der Waals surface area contributed by atoms with Crippen LogP contribution in [0, 0.1) is 17.8 Å². The highest BCUT2D eigenvalue weighted by molar-refractivity contribution is 5.68. The Labute approximate surface area is 157 Å². The van der Waals surface area contributed by atoms with Crippen LogP contribution in [0.2, 0.25) is 0 Å². The molecule has 0 spiro atoms.